The number of carbonyl (C=O) groups excluding carboxylic acids is 1. The Bertz CT molecular complexity index is 1380. The van der Waals surface area contributed by atoms with Crippen LogP contribution in [0.5, 0.6) is 0 Å². The average Bonchev–Trinajstić information content (AvgIpc) is 3.20. The van der Waals surface area contributed by atoms with Crippen LogP contribution < -0.4 is 10.9 Å². The van der Waals surface area contributed by atoms with Gasteiger partial charge in [0.15, 0.2) is 10.8 Å². The number of pyridine rings is 1. The number of alkyl halides is 2. The molecule has 1 amide bonds. The lowest BCUT2D eigenvalue weighted by atomic mass is 9.86. The summed E-state index contributed by atoms with van der Waals surface area (Å²) >= 11 is 1.11. The highest BCUT2D eigenvalue weighted by Crippen LogP contribution is 2.31. The van der Waals surface area contributed by atoms with Crippen molar-refractivity contribution in [1.82, 2.24) is 14.8 Å². The predicted octanol–water partition coefficient (Wildman–Crippen LogP) is 3.51. The summed E-state index contributed by atoms with van der Waals surface area (Å²) in [5.41, 5.74) is 4.38. The van der Waals surface area contributed by atoms with Crippen molar-refractivity contribution in [1.29, 1.82) is 0 Å². The zero-order valence-electron chi connectivity index (χ0n) is 17.7. The lowest BCUT2D eigenvalue weighted by Gasteiger charge is -2.18. The Kier molecular flexibility index (Phi) is 6.38. The first-order valence-corrected chi connectivity index (χ1v) is 10.8. The molecule has 2 aliphatic rings. The second-order valence-corrected chi connectivity index (χ2v) is 8.39. The van der Waals surface area contributed by atoms with Crippen LogP contribution in [0.4, 0.5) is 13.9 Å². The third-order valence-electron chi connectivity index (χ3n) is 5.20. The molecule has 2 aromatic heterocycles. The number of ether oxygens (including phenoxy) is 1. The van der Waals surface area contributed by atoms with Gasteiger partial charge in [0.2, 0.25) is 5.13 Å². The maximum Gasteiger partial charge on any atom is 0.271 e. The van der Waals surface area contributed by atoms with E-state index < -0.39 is 23.5 Å². The highest BCUT2D eigenvalue weighted by atomic mass is 32.1. The first kappa shape index (κ1) is 22.4. The maximum atomic E-state index is 13.3. The van der Waals surface area contributed by atoms with Crippen molar-refractivity contribution in [2.45, 2.75) is 25.7 Å². The van der Waals surface area contributed by atoms with Crippen molar-refractivity contribution in [2.24, 2.45) is 13.0 Å². The number of rotatable bonds is 5. The fraction of sp³-hybridized carbons (Fsp3) is 0.304. The number of allylic oxidation sites excluding steroid dienone is 3. The Labute approximate surface area is 191 Å². The Morgan fingerprint density at radius 2 is 2.15 bits per heavy atom. The van der Waals surface area contributed by atoms with Gasteiger partial charge < -0.3 is 9.30 Å². The summed E-state index contributed by atoms with van der Waals surface area (Å²) in [6.45, 7) is 0. The van der Waals surface area contributed by atoms with Gasteiger partial charge in [-0.05, 0) is 30.6 Å². The number of nitrogens with zero attached hydrogens (tertiary/aromatic N) is 3. The minimum atomic E-state index is -2.79. The van der Waals surface area contributed by atoms with Crippen LogP contribution in [0.3, 0.4) is 0 Å². The molecule has 0 radical (unpaired) electrons. The second kappa shape index (κ2) is 9.39. The third kappa shape index (κ3) is 4.86. The predicted molar refractivity (Wildman–Crippen MR) is 119 cm³/mol. The fourth-order valence-corrected chi connectivity index (χ4v) is 3.77. The fourth-order valence-electron chi connectivity index (χ4n) is 3.17. The highest BCUT2D eigenvalue weighted by molar-refractivity contribution is 7.15. The molecule has 4 rings (SSSR count). The molecule has 0 atom stereocenters. The van der Waals surface area contributed by atoms with E-state index in [9.17, 15) is 18.4 Å². The molecule has 2 aliphatic carbocycles. The summed E-state index contributed by atoms with van der Waals surface area (Å²) in [4.78, 5) is 25.3. The van der Waals surface area contributed by atoms with Crippen molar-refractivity contribution in [3.8, 4) is 11.8 Å². The van der Waals surface area contributed by atoms with Gasteiger partial charge >= 0.3 is 0 Å². The second-order valence-electron chi connectivity index (χ2n) is 7.41. The average molecular weight is 468 g/mol. The highest BCUT2D eigenvalue weighted by Gasteiger charge is 2.24. The van der Waals surface area contributed by atoms with Gasteiger partial charge in [0.25, 0.3) is 17.9 Å². The van der Waals surface area contributed by atoms with Crippen LogP contribution in [0.15, 0.2) is 45.9 Å². The Morgan fingerprint density at radius 3 is 2.82 bits per heavy atom. The summed E-state index contributed by atoms with van der Waals surface area (Å²) in [6, 6.07) is 1.13. The van der Waals surface area contributed by atoms with Gasteiger partial charge in [-0.15, -0.1) is 10.2 Å². The number of methoxy groups -OCH3 is 1. The van der Waals surface area contributed by atoms with Crippen molar-refractivity contribution in [3.63, 3.8) is 0 Å². The van der Waals surface area contributed by atoms with Crippen LogP contribution in [0.1, 0.15) is 40.2 Å². The van der Waals surface area contributed by atoms with Crippen LogP contribution in [0.25, 0.3) is 5.57 Å². The van der Waals surface area contributed by atoms with Gasteiger partial charge in [-0.2, -0.15) is 0 Å². The molecule has 2 heterocycles. The maximum absolute atomic E-state index is 13.3. The van der Waals surface area contributed by atoms with E-state index >= 15 is 0 Å². The number of carbonyl (C=O) groups is 1. The van der Waals surface area contributed by atoms with Crippen LogP contribution in [0, 0.1) is 17.8 Å². The number of hydrogen-bond acceptors (Lipinski definition) is 6. The summed E-state index contributed by atoms with van der Waals surface area (Å²) in [5, 5.41) is 11.2. The Morgan fingerprint density at radius 1 is 1.36 bits per heavy atom. The van der Waals surface area contributed by atoms with Crippen molar-refractivity contribution >= 4 is 27.9 Å². The minimum absolute atomic E-state index is 0.0338. The van der Waals surface area contributed by atoms with E-state index in [0.29, 0.717) is 10.9 Å². The molecular formula is C23H18F2N4O3S. The zero-order chi connectivity index (χ0) is 23.5. The first-order valence-electron chi connectivity index (χ1n) is 10.0. The van der Waals surface area contributed by atoms with Gasteiger partial charge in [0, 0.05) is 36.4 Å². The number of halogens is 2. The van der Waals surface area contributed by atoms with Crippen LogP contribution in [0.2, 0.25) is 0 Å². The Hall–Kier alpha value is -3.76. The van der Waals surface area contributed by atoms with Gasteiger partial charge in [-0.3, -0.25) is 14.9 Å². The lowest BCUT2D eigenvalue weighted by Crippen LogP contribution is -2.23. The first-order chi connectivity index (χ1) is 15.9. The normalized spacial score (nSPS) is 15.1. The number of anilines is 1. The van der Waals surface area contributed by atoms with E-state index in [4.69, 9.17) is 4.74 Å². The summed E-state index contributed by atoms with van der Waals surface area (Å²) in [7, 11) is 2.84. The van der Waals surface area contributed by atoms with Crippen LogP contribution in [-0.4, -0.2) is 34.2 Å². The van der Waals surface area contributed by atoms with Gasteiger partial charge in [-0.25, -0.2) is 8.78 Å². The van der Waals surface area contributed by atoms with E-state index in [2.05, 4.69) is 38.8 Å². The molecule has 7 nitrogen and oxygen atoms in total. The van der Waals surface area contributed by atoms with E-state index in [1.54, 1.807) is 0 Å². The van der Waals surface area contributed by atoms with E-state index in [1.165, 1.54) is 31.3 Å². The molecule has 0 bridgehead atoms. The minimum Gasteiger partial charge on any atom is -0.488 e. The molecule has 33 heavy (non-hydrogen) atoms. The number of aromatic nitrogens is 3. The summed E-state index contributed by atoms with van der Waals surface area (Å²) in [5.74, 6) is 5.92. The molecule has 0 aromatic carbocycles. The number of nitrogens with one attached hydrogen (secondary N) is 1. The standard InChI is InChI=1S/C23H18F2N4O3S/c1-29-12-17(15-10-14(21(24)25)7-8-18(15)32-2)16(11-20(29)30)22(31)26-23-28-27-19(33-23)9-6-13-4-3-5-13/h10-13,21H,3-5H2,1-2H3,(H,26,28,31). The molecule has 0 aliphatic heterocycles. The van der Waals surface area contributed by atoms with Gasteiger partial charge in [0.05, 0.1) is 18.2 Å². The quantitative estimate of drug-likeness (QED) is 0.536. The number of aryl methyl sites for hydroxylation is 1. The molecule has 1 N–H and O–H groups in total. The Balaban J connectivity index is 1.66. The van der Waals surface area contributed by atoms with Crippen molar-refractivity contribution in [2.75, 3.05) is 12.4 Å². The largest absolute Gasteiger partial charge is 0.488 e. The topological polar surface area (TPSA) is 86.1 Å². The summed E-state index contributed by atoms with van der Waals surface area (Å²) < 4.78 is 33.0. The monoisotopic (exact) mass is 468 g/mol. The van der Waals surface area contributed by atoms with Crippen molar-refractivity contribution in [3.05, 3.63) is 67.6 Å². The smallest absolute Gasteiger partial charge is 0.271 e. The van der Waals surface area contributed by atoms with Gasteiger partial charge in [-0.1, -0.05) is 29.4 Å². The molecular weight excluding hydrogens is 450 g/mol. The molecule has 0 spiro atoms. The third-order valence-corrected chi connectivity index (χ3v) is 5.96. The SMILES string of the molecule is COC1=C=C=C(C(F)F)C=C1c1cn(C)c(=O)cc1C(=O)Nc1nnc(C#CC2CCC2)s1. The van der Waals surface area contributed by atoms with Crippen LogP contribution in [-0.2, 0) is 11.8 Å². The molecule has 168 valence electrons. The zero-order valence-corrected chi connectivity index (χ0v) is 18.6. The molecule has 1 fully saturated rings. The van der Waals surface area contributed by atoms with Crippen molar-refractivity contribution < 1.29 is 18.3 Å². The molecule has 10 heteroatoms. The molecule has 0 saturated heterocycles. The summed E-state index contributed by atoms with van der Waals surface area (Å²) in [6.07, 6.45) is 3.08. The molecule has 0 unspecified atom stereocenters. The molecule has 1 saturated carbocycles. The number of hydrogen-bond donors (Lipinski definition) is 1. The van der Waals surface area contributed by atoms with E-state index in [-0.39, 0.29) is 27.6 Å². The molecule has 2 aromatic rings. The van der Waals surface area contributed by atoms with Gasteiger partial charge in [0.1, 0.15) is 0 Å². The van der Waals surface area contributed by atoms with E-state index in [1.807, 2.05) is 0 Å². The van der Waals surface area contributed by atoms with E-state index in [0.717, 1.165) is 36.3 Å². The lowest BCUT2D eigenvalue weighted by molar-refractivity contribution is 0.102. The number of amides is 1. The van der Waals surface area contributed by atoms with Crippen LogP contribution >= 0.6 is 11.3 Å².